The van der Waals surface area contributed by atoms with Crippen molar-refractivity contribution in [3.05, 3.63) is 12.2 Å². The van der Waals surface area contributed by atoms with Crippen molar-refractivity contribution >= 4 is 0 Å². The first-order valence-corrected chi connectivity index (χ1v) is 7.99. The maximum absolute atomic E-state index is 3.49. The first-order chi connectivity index (χ1) is 8.40. The van der Waals surface area contributed by atoms with Gasteiger partial charge in [-0.2, -0.15) is 0 Å². The van der Waals surface area contributed by atoms with Gasteiger partial charge in [0, 0.05) is 0 Å². The molecule has 0 amide bonds. The molecule has 0 heterocycles. The number of fused-ring (bicyclic) bond motifs is 2. The fourth-order valence-electron chi connectivity index (χ4n) is 3.63. The van der Waals surface area contributed by atoms with E-state index in [4.69, 9.17) is 0 Å². The van der Waals surface area contributed by atoms with Gasteiger partial charge >= 0.3 is 0 Å². The van der Waals surface area contributed by atoms with E-state index in [2.05, 4.69) is 19.1 Å². The summed E-state index contributed by atoms with van der Waals surface area (Å²) in [7, 11) is 0. The Morgan fingerprint density at radius 2 is 1.65 bits per heavy atom. The van der Waals surface area contributed by atoms with Crippen LogP contribution in [0.1, 0.15) is 77.6 Å². The third-order valence-corrected chi connectivity index (χ3v) is 4.72. The van der Waals surface area contributed by atoms with E-state index in [0.717, 1.165) is 17.8 Å². The van der Waals surface area contributed by atoms with E-state index < -0.39 is 0 Å². The van der Waals surface area contributed by atoms with Gasteiger partial charge in [-0.25, -0.2) is 0 Å². The minimum Gasteiger partial charge on any atom is -0.0773 e. The van der Waals surface area contributed by atoms with Crippen LogP contribution < -0.4 is 0 Å². The Balaban J connectivity index is 1.41. The molecule has 97 valence electrons. The highest BCUT2D eigenvalue weighted by Gasteiger charge is 2.35. The quantitative estimate of drug-likeness (QED) is 0.459. The molecule has 3 unspecified atom stereocenters. The van der Waals surface area contributed by atoms with Crippen LogP contribution in [0.2, 0.25) is 0 Å². The van der Waals surface area contributed by atoms with Crippen LogP contribution in [0.25, 0.3) is 0 Å². The number of rotatable bonds is 9. The van der Waals surface area contributed by atoms with E-state index in [1.807, 2.05) is 0 Å². The van der Waals surface area contributed by atoms with Crippen LogP contribution in [0.5, 0.6) is 0 Å². The topological polar surface area (TPSA) is 0 Å². The Morgan fingerprint density at radius 3 is 2.24 bits per heavy atom. The first-order valence-electron chi connectivity index (χ1n) is 7.99. The Hall–Kier alpha value is -0.260. The van der Waals surface area contributed by atoms with Crippen LogP contribution in [-0.2, 0) is 0 Å². The van der Waals surface area contributed by atoms with Gasteiger partial charge in [-0.15, -0.1) is 0 Å². The first kappa shape index (κ1) is 13.2. The van der Waals surface area contributed by atoms with Gasteiger partial charge in [0.2, 0.25) is 0 Å². The lowest BCUT2D eigenvalue weighted by Crippen LogP contribution is -2.06. The SMILES string of the molecule is CCCCCCCCCCC1CC2[C]=CC1C2. The second-order valence-corrected chi connectivity index (χ2v) is 6.19. The normalized spacial score (nSPS) is 30.3. The summed E-state index contributed by atoms with van der Waals surface area (Å²) in [6.07, 6.45) is 21.9. The molecule has 1 radical (unpaired) electrons. The molecule has 0 heteroatoms. The summed E-state index contributed by atoms with van der Waals surface area (Å²) >= 11 is 0. The van der Waals surface area contributed by atoms with Crippen LogP contribution in [0.3, 0.4) is 0 Å². The predicted octanol–water partition coefficient (Wildman–Crippen LogP) is 5.53. The third kappa shape index (κ3) is 4.16. The summed E-state index contributed by atoms with van der Waals surface area (Å²) in [5, 5.41) is 0. The van der Waals surface area contributed by atoms with Crippen molar-refractivity contribution in [1.29, 1.82) is 0 Å². The van der Waals surface area contributed by atoms with Crippen LogP contribution in [-0.4, -0.2) is 0 Å². The average Bonchev–Trinajstić information content (AvgIpc) is 2.94. The average molecular weight is 233 g/mol. The molecule has 0 aromatic carbocycles. The van der Waals surface area contributed by atoms with Gasteiger partial charge in [0.1, 0.15) is 0 Å². The van der Waals surface area contributed by atoms with Crippen molar-refractivity contribution in [2.45, 2.75) is 77.6 Å². The van der Waals surface area contributed by atoms with Gasteiger partial charge in [-0.05, 0) is 43.1 Å². The molecular formula is C17H29. The third-order valence-electron chi connectivity index (χ3n) is 4.72. The smallest absolute Gasteiger partial charge is 0.0154 e. The van der Waals surface area contributed by atoms with E-state index in [-0.39, 0.29) is 0 Å². The summed E-state index contributed by atoms with van der Waals surface area (Å²) < 4.78 is 0. The van der Waals surface area contributed by atoms with E-state index in [0.29, 0.717) is 0 Å². The second-order valence-electron chi connectivity index (χ2n) is 6.19. The van der Waals surface area contributed by atoms with Gasteiger partial charge in [0.25, 0.3) is 0 Å². The lowest BCUT2D eigenvalue weighted by Gasteiger charge is -2.17. The minimum absolute atomic E-state index is 0.846. The van der Waals surface area contributed by atoms with Gasteiger partial charge < -0.3 is 0 Å². The van der Waals surface area contributed by atoms with Gasteiger partial charge in [-0.3, -0.25) is 0 Å². The molecular weight excluding hydrogens is 204 g/mol. The number of unbranched alkanes of at least 4 members (excludes halogenated alkanes) is 7. The highest BCUT2D eigenvalue weighted by molar-refractivity contribution is 5.05. The van der Waals surface area contributed by atoms with Crippen LogP contribution >= 0.6 is 0 Å². The number of hydrogen-bond acceptors (Lipinski definition) is 0. The molecule has 2 rings (SSSR count). The lowest BCUT2D eigenvalue weighted by atomic mass is 9.88. The summed E-state index contributed by atoms with van der Waals surface area (Å²) in [5.74, 6) is 2.80. The zero-order valence-electron chi connectivity index (χ0n) is 11.6. The van der Waals surface area contributed by atoms with Crippen LogP contribution in [0.4, 0.5) is 0 Å². The summed E-state index contributed by atoms with van der Waals surface area (Å²) in [4.78, 5) is 0. The molecule has 0 nitrogen and oxygen atoms in total. The fraction of sp³-hybridized carbons (Fsp3) is 0.882. The molecule has 0 spiro atoms. The molecule has 2 aliphatic rings. The van der Waals surface area contributed by atoms with Gasteiger partial charge in [-0.1, -0.05) is 64.4 Å². The molecule has 0 aliphatic heterocycles. The van der Waals surface area contributed by atoms with E-state index in [1.54, 1.807) is 0 Å². The van der Waals surface area contributed by atoms with Crippen molar-refractivity contribution in [2.75, 3.05) is 0 Å². The van der Waals surface area contributed by atoms with Crippen molar-refractivity contribution in [2.24, 2.45) is 17.8 Å². The molecule has 0 aromatic heterocycles. The molecule has 2 aliphatic carbocycles. The van der Waals surface area contributed by atoms with E-state index in [9.17, 15) is 0 Å². The van der Waals surface area contributed by atoms with E-state index >= 15 is 0 Å². The monoisotopic (exact) mass is 233 g/mol. The summed E-state index contributed by atoms with van der Waals surface area (Å²) in [6, 6.07) is 0. The Morgan fingerprint density at radius 1 is 0.941 bits per heavy atom. The highest BCUT2D eigenvalue weighted by Crippen LogP contribution is 2.45. The summed E-state index contributed by atoms with van der Waals surface area (Å²) in [5.41, 5.74) is 0. The van der Waals surface area contributed by atoms with Crippen molar-refractivity contribution in [1.82, 2.24) is 0 Å². The molecule has 3 atom stereocenters. The van der Waals surface area contributed by atoms with Crippen molar-refractivity contribution in [3.63, 3.8) is 0 Å². The largest absolute Gasteiger partial charge is 0.0773 e. The zero-order valence-corrected chi connectivity index (χ0v) is 11.6. The van der Waals surface area contributed by atoms with Crippen molar-refractivity contribution < 1.29 is 0 Å². The lowest BCUT2D eigenvalue weighted by molar-refractivity contribution is 0.391. The zero-order chi connectivity index (χ0) is 11.9. The molecule has 0 N–H and O–H groups in total. The molecule has 1 saturated carbocycles. The van der Waals surface area contributed by atoms with Crippen molar-refractivity contribution in [3.8, 4) is 0 Å². The maximum atomic E-state index is 3.49. The molecule has 0 aromatic rings. The Labute approximate surface area is 108 Å². The number of hydrogen-bond donors (Lipinski definition) is 0. The van der Waals surface area contributed by atoms with Gasteiger partial charge in [0.05, 0.1) is 0 Å². The van der Waals surface area contributed by atoms with E-state index in [1.165, 1.54) is 70.6 Å². The molecule has 17 heavy (non-hydrogen) atoms. The fourth-order valence-corrected chi connectivity index (χ4v) is 3.63. The molecule has 2 bridgehead atoms. The standard InChI is InChI=1S/C17H29/c1-2-3-4-5-6-7-8-9-10-16-13-15-11-12-17(16)14-15/h12,15-17H,2-10,13-14H2,1H3. The second kappa shape index (κ2) is 7.24. The van der Waals surface area contributed by atoms with Crippen LogP contribution in [0, 0.1) is 23.8 Å². The van der Waals surface area contributed by atoms with Gasteiger partial charge in [0.15, 0.2) is 0 Å². The molecule has 1 fully saturated rings. The maximum Gasteiger partial charge on any atom is -0.0154 e. The minimum atomic E-state index is 0.846. The van der Waals surface area contributed by atoms with Crippen LogP contribution in [0.15, 0.2) is 6.08 Å². The Kier molecular flexibility index (Phi) is 5.61. The molecule has 0 saturated heterocycles. The predicted molar refractivity (Wildman–Crippen MR) is 74.7 cm³/mol. The highest BCUT2D eigenvalue weighted by atomic mass is 14.4. The Bertz CT molecular complexity index is 228. The summed E-state index contributed by atoms with van der Waals surface area (Å²) in [6.45, 7) is 2.29. The number of allylic oxidation sites excluding steroid dienone is 2.